The van der Waals surface area contributed by atoms with E-state index < -0.39 is 0 Å². The first-order valence-electron chi connectivity index (χ1n) is 6.43. The van der Waals surface area contributed by atoms with Gasteiger partial charge in [-0.1, -0.05) is 30.1 Å². The quantitative estimate of drug-likeness (QED) is 0.844. The van der Waals surface area contributed by atoms with Crippen molar-refractivity contribution in [1.29, 1.82) is 0 Å². The SMILES string of the molecule is CCC1CCCN1C(=O)c1c(Cl)ccc(Cl)c1OC. The normalized spacial score (nSPS) is 18.7. The van der Waals surface area contributed by atoms with E-state index in [2.05, 4.69) is 6.92 Å². The van der Waals surface area contributed by atoms with Crippen molar-refractivity contribution in [3.63, 3.8) is 0 Å². The fourth-order valence-corrected chi connectivity index (χ4v) is 3.07. The molecule has 3 nitrogen and oxygen atoms in total. The minimum Gasteiger partial charge on any atom is -0.494 e. The minimum atomic E-state index is -0.0892. The third-order valence-corrected chi connectivity index (χ3v) is 4.20. The van der Waals surface area contributed by atoms with Gasteiger partial charge in [-0.3, -0.25) is 4.79 Å². The molecule has 0 spiro atoms. The lowest BCUT2D eigenvalue weighted by Gasteiger charge is -2.25. The van der Waals surface area contributed by atoms with Crippen LogP contribution in [0.4, 0.5) is 0 Å². The van der Waals surface area contributed by atoms with Gasteiger partial charge in [-0.15, -0.1) is 0 Å². The number of hydrogen-bond acceptors (Lipinski definition) is 2. The van der Waals surface area contributed by atoms with Gasteiger partial charge in [0.15, 0.2) is 5.75 Å². The Morgan fingerprint density at radius 1 is 1.42 bits per heavy atom. The van der Waals surface area contributed by atoms with E-state index in [1.165, 1.54) is 7.11 Å². The summed E-state index contributed by atoms with van der Waals surface area (Å²) in [6.07, 6.45) is 3.03. The van der Waals surface area contributed by atoms with Crippen molar-refractivity contribution in [2.75, 3.05) is 13.7 Å². The van der Waals surface area contributed by atoms with Gasteiger partial charge < -0.3 is 9.64 Å². The molecule has 1 amide bonds. The van der Waals surface area contributed by atoms with Crippen molar-refractivity contribution in [3.05, 3.63) is 27.7 Å². The molecule has 2 rings (SSSR count). The molecule has 19 heavy (non-hydrogen) atoms. The molecule has 1 atom stereocenters. The van der Waals surface area contributed by atoms with Crippen LogP contribution in [0.1, 0.15) is 36.5 Å². The van der Waals surface area contributed by atoms with Crippen LogP contribution in [0, 0.1) is 0 Å². The Morgan fingerprint density at radius 3 is 2.74 bits per heavy atom. The Bertz CT molecular complexity index is 491. The average molecular weight is 302 g/mol. The van der Waals surface area contributed by atoms with Gasteiger partial charge in [0.05, 0.1) is 17.2 Å². The second kappa shape index (κ2) is 6.02. The maximum atomic E-state index is 12.7. The Hall–Kier alpha value is -0.930. The van der Waals surface area contributed by atoms with E-state index in [0.29, 0.717) is 21.4 Å². The number of halogens is 2. The van der Waals surface area contributed by atoms with Gasteiger partial charge in [0.2, 0.25) is 0 Å². The van der Waals surface area contributed by atoms with Gasteiger partial charge in [0.1, 0.15) is 5.56 Å². The highest BCUT2D eigenvalue weighted by Gasteiger charge is 2.31. The second-order valence-electron chi connectivity index (χ2n) is 4.64. The Morgan fingerprint density at radius 2 is 2.11 bits per heavy atom. The predicted octanol–water partition coefficient (Wildman–Crippen LogP) is 4.02. The van der Waals surface area contributed by atoms with Crippen molar-refractivity contribution in [2.24, 2.45) is 0 Å². The molecule has 0 aliphatic carbocycles. The maximum absolute atomic E-state index is 12.7. The van der Waals surface area contributed by atoms with E-state index in [4.69, 9.17) is 27.9 Å². The zero-order valence-corrected chi connectivity index (χ0v) is 12.6. The zero-order valence-electron chi connectivity index (χ0n) is 11.1. The topological polar surface area (TPSA) is 29.5 Å². The molecule has 1 fully saturated rings. The van der Waals surface area contributed by atoms with Crippen LogP contribution < -0.4 is 4.74 Å². The summed E-state index contributed by atoms with van der Waals surface area (Å²) in [5.41, 5.74) is 0.372. The highest BCUT2D eigenvalue weighted by molar-refractivity contribution is 6.37. The molecule has 1 aromatic carbocycles. The fourth-order valence-electron chi connectivity index (χ4n) is 2.60. The number of ether oxygens (including phenoxy) is 1. The van der Waals surface area contributed by atoms with Gasteiger partial charge in [0.25, 0.3) is 5.91 Å². The van der Waals surface area contributed by atoms with E-state index in [1.807, 2.05) is 4.90 Å². The van der Waals surface area contributed by atoms with Crippen LogP contribution in [0.2, 0.25) is 10.0 Å². The predicted molar refractivity (Wildman–Crippen MR) is 77.4 cm³/mol. The standard InChI is InChI=1S/C14H17Cl2NO2/c1-3-9-5-4-8-17(9)14(18)12-10(15)6-7-11(16)13(12)19-2/h6-7,9H,3-5,8H2,1-2H3. The summed E-state index contributed by atoms with van der Waals surface area (Å²) in [6.45, 7) is 2.86. The van der Waals surface area contributed by atoms with E-state index >= 15 is 0 Å². The number of hydrogen-bond donors (Lipinski definition) is 0. The summed E-state index contributed by atoms with van der Waals surface area (Å²) >= 11 is 12.2. The molecule has 1 aromatic rings. The van der Waals surface area contributed by atoms with Gasteiger partial charge in [-0.25, -0.2) is 0 Å². The second-order valence-corrected chi connectivity index (χ2v) is 5.45. The molecule has 0 N–H and O–H groups in total. The Balaban J connectivity index is 2.41. The summed E-state index contributed by atoms with van der Waals surface area (Å²) in [6, 6.07) is 3.56. The van der Waals surface area contributed by atoms with E-state index in [1.54, 1.807) is 12.1 Å². The van der Waals surface area contributed by atoms with Crippen molar-refractivity contribution < 1.29 is 9.53 Å². The van der Waals surface area contributed by atoms with Crippen molar-refractivity contribution in [3.8, 4) is 5.75 Å². The molecule has 0 aromatic heterocycles. The number of nitrogens with zero attached hydrogens (tertiary/aromatic N) is 1. The van der Waals surface area contributed by atoms with Crippen LogP contribution >= 0.6 is 23.2 Å². The molecule has 1 saturated heterocycles. The van der Waals surface area contributed by atoms with Crippen LogP contribution in [0.15, 0.2) is 12.1 Å². The van der Waals surface area contributed by atoms with Crippen molar-refractivity contribution in [1.82, 2.24) is 4.90 Å². The summed E-state index contributed by atoms with van der Waals surface area (Å²) in [5.74, 6) is 0.273. The molecule has 1 aliphatic rings. The fraction of sp³-hybridized carbons (Fsp3) is 0.500. The molecule has 0 saturated carbocycles. The zero-order chi connectivity index (χ0) is 14.0. The molecular formula is C14H17Cl2NO2. The average Bonchev–Trinajstić information content (AvgIpc) is 2.88. The number of methoxy groups -OCH3 is 1. The molecule has 1 heterocycles. The third kappa shape index (κ3) is 2.67. The number of carbonyl (C=O) groups is 1. The maximum Gasteiger partial charge on any atom is 0.259 e. The first-order valence-corrected chi connectivity index (χ1v) is 7.18. The molecule has 0 bridgehead atoms. The molecule has 104 valence electrons. The van der Waals surface area contributed by atoms with Crippen LogP contribution in [0.25, 0.3) is 0 Å². The minimum absolute atomic E-state index is 0.0892. The summed E-state index contributed by atoms with van der Waals surface area (Å²) < 4.78 is 5.24. The molecule has 1 aliphatic heterocycles. The summed E-state index contributed by atoms with van der Waals surface area (Å²) in [7, 11) is 1.50. The highest BCUT2D eigenvalue weighted by Crippen LogP contribution is 2.36. The first-order chi connectivity index (χ1) is 9.10. The lowest BCUT2D eigenvalue weighted by Crippen LogP contribution is -2.35. The monoisotopic (exact) mass is 301 g/mol. The number of likely N-dealkylation sites (tertiary alicyclic amines) is 1. The van der Waals surface area contributed by atoms with Gasteiger partial charge >= 0.3 is 0 Å². The van der Waals surface area contributed by atoms with E-state index in [9.17, 15) is 4.79 Å². The highest BCUT2D eigenvalue weighted by atomic mass is 35.5. The number of benzene rings is 1. The van der Waals surface area contributed by atoms with Gasteiger partial charge in [-0.2, -0.15) is 0 Å². The lowest BCUT2D eigenvalue weighted by molar-refractivity contribution is 0.0730. The van der Waals surface area contributed by atoms with Crippen LogP contribution in [0.5, 0.6) is 5.75 Å². The largest absolute Gasteiger partial charge is 0.494 e. The molecule has 0 radical (unpaired) electrons. The Kier molecular flexibility index (Phi) is 4.58. The molecular weight excluding hydrogens is 285 g/mol. The summed E-state index contributed by atoms with van der Waals surface area (Å²) in [5, 5.41) is 0.787. The van der Waals surface area contributed by atoms with Gasteiger partial charge in [-0.05, 0) is 31.4 Å². The van der Waals surface area contributed by atoms with Crippen molar-refractivity contribution in [2.45, 2.75) is 32.2 Å². The molecule has 1 unspecified atom stereocenters. The smallest absolute Gasteiger partial charge is 0.259 e. The van der Waals surface area contributed by atoms with Gasteiger partial charge in [0, 0.05) is 12.6 Å². The lowest BCUT2D eigenvalue weighted by atomic mass is 10.1. The van der Waals surface area contributed by atoms with E-state index in [-0.39, 0.29) is 11.9 Å². The van der Waals surface area contributed by atoms with Crippen molar-refractivity contribution >= 4 is 29.1 Å². The first kappa shape index (κ1) is 14.5. The third-order valence-electron chi connectivity index (χ3n) is 3.59. The van der Waals surface area contributed by atoms with Crippen LogP contribution in [-0.2, 0) is 0 Å². The van der Waals surface area contributed by atoms with Crippen LogP contribution in [-0.4, -0.2) is 30.5 Å². The summed E-state index contributed by atoms with van der Waals surface area (Å²) in [4.78, 5) is 14.5. The van der Waals surface area contributed by atoms with E-state index in [0.717, 1.165) is 25.8 Å². The van der Waals surface area contributed by atoms with Crippen LogP contribution in [0.3, 0.4) is 0 Å². The number of carbonyl (C=O) groups excluding carboxylic acids is 1. The number of rotatable bonds is 3. The Labute approximate surface area is 123 Å². The molecule has 5 heteroatoms. The number of amides is 1.